The molecule has 63 heavy (non-hydrogen) atoms. The molecule has 0 spiro atoms. The van der Waals surface area contributed by atoms with Crippen LogP contribution in [0.3, 0.4) is 0 Å². The highest BCUT2D eigenvalue weighted by Crippen LogP contribution is 2.57. The minimum atomic E-state index is -0.835. The Balaban J connectivity index is 1.53. The second-order valence-corrected chi connectivity index (χ2v) is 23.1. The molecule has 0 aromatic carbocycles. The fourth-order valence-corrected chi connectivity index (χ4v) is 9.36. The van der Waals surface area contributed by atoms with Gasteiger partial charge in [-0.3, -0.25) is 9.59 Å². The van der Waals surface area contributed by atoms with Crippen molar-refractivity contribution in [1.82, 2.24) is 0 Å². The van der Waals surface area contributed by atoms with Gasteiger partial charge < -0.3 is 48.2 Å². The van der Waals surface area contributed by atoms with Gasteiger partial charge in [0.25, 0.3) is 0 Å². The summed E-state index contributed by atoms with van der Waals surface area (Å²) in [5.41, 5.74) is -1.95. The highest BCUT2D eigenvalue weighted by molar-refractivity contribution is 5.88. The number of hydrogen-bond acceptors (Lipinski definition) is 11. The van der Waals surface area contributed by atoms with Gasteiger partial charge in [-0.25, -0.2) is 0 Å². The monoisotopic (exact) mass is 898 g/mol. The first kappa shape index (κ1) is 55.5. The maximum absolute atomic E-state index is 11.1. The summed E-state index contributed by atoms with van der Waals surface area (Å²) in [6.07, 6.45) is 9.20. The fraction of sp³-hybridized carbons (Fsp3) is 0.940. The van der Waals surface area contributed by atoms with Crippen LogP contribution < -0.4 is 0 Å². The lowest BCUT2D eigenvalue weighted by Gasteiger charge is -2.36. The van der Waals surface area contributed by atoms with Gasteiger partial charge in [-0.15, -0.1) is 0 Å². The van der Waals surface area contributed by atoms with Crippen LogP contribution in [0.25, 0.3) is 0 Å². The van der Waals surface area contributed by atoms with Gasteiger partial charge in [0, 0.05) is 31.3 Å². The lowest BCUT2D eigenvalue weighted by molar-refractivity contribution is -0.178. The molecular weight excluding hydrogens is 807 g/mol. The maximum Gasteiger partial charge on any atom is 0.303 e. The van der Waals surface area contributed by atoms with E-state index in [1.54, 1.807) is 0 Å². The van der Waals surface area contributed by atoms with Crippen molar-refractivity contribution in [2.45, 2.75) is 239 Å². The molecule has 2 N–H and O–H groups in total. The maximum atomic E-state index is 11.1. The SMILES string of the molecule is CCOC(C)(C)CCC1CC2CC1C1ON=C(CCC(C)(C)OCCC(C)(C)OC(COC(C)(C)CCOC(C)(C)CCC(=O)O)COC(C)(C)CCOC(C)(C)CCC(=O)O)C21. The summed E-state index contributed by atoms with van der Waals surface area (Å²) >= 11 is 0. The number of fused-ring (bicyclic) bond motifs is 5. The van der Waals surface area contributed by atoms with Crippen LogP contribution >= 0.6 is 0 Å². The van der Waals surface area contributed by atoms with Gasteiger partial charge in [-0.05, 0) is 186 Å². The largest absolute Gasteiger partial charge is 0.481 e. The van der Waals surface area contributed by atoms with Crippen molar-refractivity contribution in [3.05, 3.63) is 0 Å². The number of hydrogen-bond donors (Lipinski definition) is 2. The van der Waals surface area contributed by atoms with E-state index in [4.69, 9.17) is 48.2 Å². The molecule has 0 saturated heterocycles. The van der Waals surface area contributed by atoms with Gasteiger partial charge >= 0.3 is 11.9 Å². The normalized spacial score (nSPS) is 22.2. The third kappa shape index (κ3) is 20.3. The molecule has 1 heterocycles. The zero-order valence-electron chi connectivity index (χ0n) is 42.3. The summed E-state index contributed by atoms with van der Waals surface area (Å²) in [5, 5.41) is 22.9. The second-order valence-electron chi connectivity index (χ2n) is 23.1. The van der Waals surface area contributed by atoms with Crippen LogP contribution in [0.4, 0.5) is 0 Å². The fourth-order valence-electron chi connectivity index (χ4n) is 9.36. The summed E-state index contributed by atoms with van der Waals surface area (Å²) in [6, 6.07) is 0. The molecule has 368 valence electrons. The zero-order chi connectivity index (χ0) is 47.5. The average Bonchev–Trinajstić information content (AvgIpc) is 3.86. The number of carbonyl (C=O) groups is 2. The molecule has 3 rings (SSSR count). The van der Waals surface area contributed by atoms with Crippen molar-refractivity contribution in [3.63, 3.8) is 0 Å². The van der Waals surface area contributed by atoms with Crippen LogP contribution in [-0.4, -0.2) is 119 Å². The third-order valence-corrected chi connectivity index (χ3v) is 13.7. The number of rotatable bonds is 34. The Bertz CT molecular complexity index is 1400. The Labute approximate surface area is 381 Å². The smallest absolute Gasteiger partial charge is 0.303 e. The van der Waals surface area contributed by atoms with Crippen LogP contribution in [0, 0.1) is 23.7 Å². The summed E-state index contributed by atoms with van der Waals surface area (Å²) in [7, 11) is 0. The lowest BCUT2D eigenvalue weighted by atomic mass is 9.74. The van der Waals surface area contributed by atoms with E-state index in [2.05, 4.69) is 53.6 Å². The third-order valence-electron chi connectivity index (χ3n) is 13.7. The van der Waals surface area contributed by atoms with Crippen LogP contribution in [0.1, 0.15) is 187 Å². The average molecular weight is 898 g/mol. The van der Waals surface area contributed by atoms with Crippen molar-refractivity contribution in [2.24, 2.45) is 28.8 Å². The summed E-state index contributed by atoms with van der Waals surface area (Å²) in [5.74, 6) is 0.715. The Kier molecular flexibility index (Phi) is 20.5. The number of nitrogens with zero attached hydrogens (tertiary/aromatic N) is 1. The molecule has 0 amide bonds. The highest BCUT2D eigenvalue weighted by atomic mass is 16.6. The molecule has 3 aliphatic rings. The molecule has 2 aliphatic carbocycles. The Morgan fingerprint density at radius 3 is 1.52 bits per heavy atom. The molecule has 2 saturated carbocycles. The molecule has 2 bridgehead atoms. The number of carboxylic acid groups (broad SMARTS) is 2. The van der Waals surface area contributed by atoms with Crippen LogP contribution in [0.2, 0.25) is 0 Å². The Morgan fingerprint density at radius 1 is 0.603 bits per heavy atom. The molecule has 0 radical (unpaired) electrons. The molecule has 1 aliphatic heterocycles. The molecule has 0 aromatic heterocycles. The first-order chi connectivity index (χ1) is 28.9. The van der Waals surface area contributed by atoms with E-state index in [1.165, 1.54) is 25.0 Å². The topological polar surface area (TPSA) is 161 Å². The molecule has 5 unspecified atom stereocenters. The summed E-state index contributed by atoms with van der Waals surface area (Å²) in [4.78, 5) is 28.4. The number of carboxylic acids is 2. The van der Waals surface area contributed by atoms with E-state index in [-0.39, 0.29) is 30.1 Å². The van der Waals surface area contributed by atoms with Gasteiger partial charge in [0.1, 0.15) is 12.2 Å². The number of ether oxygens (including phenoxy) is 7. The Hall–Kier alpha value is -1.87. The van der Waals surface area contributed by atoms with Gasteiger partial charge in [-0.2, -0.15) is 0 Å². The van der Waals surface area contributed by atoms with Crippen LogP contribution in [-0.2, 0) is 47.6 Å². The first-order valence-corrected chi connectivity index (χ1v) is 24.1. The van der Waals surface area contributed by atoms with E-state index in [1.807, 2.05) is 55.4 Å². The lowest BCUT2D eigenvalue weighted by Crippen LogP contribution is -2.42. The summed E-state index contributed by atoms with van der Waals surface area (Å²) < 4.78 is 44.5. The van der Waals surface area contributed by atoms with Crippen molar-refractivity contribution in [3.8, 4) is 0 Å². The van der Waals surface area contributed by atoms with Crippen molar-refractivity contribution in [2.75, 3.05) is 39.6 Å². The minimum Gasteiger partial charge on any atom is -0.481 e. The van der Waals surface area contributed by atoms with Crippen molar-refractivity contribution >= 4 is 17.7 Å². The number of aliphatic carboxylic acids is 2. The van der Waals surface area contributed by atoms with E-state index in [0.717, 1.165) is 25.9 Å². The molecule has 13 heteroatoms. The van der Waals surface area contributed by atoms with Gasteiger partial charge in [0.05, 0.1) is 78.0 Å². The van der Waals surface area contributed by atoms with Crippen molar-refractivity contribution < 1.29 is 57.8 Å². The van der Waals surface area contributed by atoms with Crippen LogP contribution in [0.5, 0.6) is 0 Å². The van der Waals surface area contributed by atoms with Crippen molar-refractivity contribution in [1.29, 1.82) is 0 Å². The van der Waals surface area contributed by atoms with E-state index in [0.29, 0.717) is 88.8 Å². The second kappa shape index (κ2) is 23.2. The summed E-state index contributed by atoms with van der Waals surface area (Å²) in [6.45, 7) is 33.4. The van der Waals surface area contributed by atoms with Gasteiger partial charge in [0.15, 0.2) is 0 Å². The molecule has 2 fully saturated rings. The van der Waals surface area contributed by atoms with Crippen LogP contribution in [0.15, 0.2) is 5.16 Å². The molecule has 0 aromatic rings. The molecule has 5 atom stereocenters. The molecular formula is C50H91NO12. The standard InChI is InChI=1S/C50H91NO12/c1-16-56-44(2,3)21-17-35-31-36-32-38(35)43-42(36)39(51-63-43)18-22-45(4,5)59-30-27-50(14,15)62-37(33-60-48(10,11)25-28-57-46(6,7)23-19-40(52)53)34-61-49(12,13)26-29-58-47(8,9)24-20-41(54)55/h35-38,42-43H,16-34H2,1-15H3,(H,52,53)(H,54,55). The number of oxime groups is 1. The first-order valence-electron chi connectivity index (χ1n) is 24.1. The van der Waals surface area contributed by atoms with E-state index < -0.39 is 46.0 Å². The van der Waals surface area contributed by atoms with Gasteiger partial charge in [-0.1, -0.05) is 5.16 Å². The quantitative estimate of drug-likeness (QED) is 0.0630. The van der Waals surface area contributed by atoms with E-state index in [9.17, 15) is 9.59 Å². The highest BCUT2D eigenvalue weighted by Gasteiger charge is 2.58. The molecule has 13 nitrogen and oxygen atoms in total. The predicted octanol–water partition coefficient (Wildman–Crippen LogP) is 10.4. The predicted molar refractivity (Wildman–Crippen MR) is 246 cm³/mol. The Morgan fingerprint density at radius 2 is 1.05 bits per heavy atom. The minimum absolute atomic E-state index is 0.0534. The zero-order valence-corrected chi connectivity index (χ0v) is 42.3. The van der Waals surface area contributed by atoms with E-state index >= 15 is 0 Å². The van der Waals surface area contributed by atoms with Gasteiger partial charge in [0.2, 0.25) is 0 Å².